The summed E-state index contributed by atoms with van der Waals surface area (Å²) >= 11 is 1.38. The van der Waals surface area contributed by atoms with Crippen LogP contribution in [0.15, 0.2) is 30.3 Å². The highest BCUT2D eigenvalue weighted by molar-refractivity contribution is 7.15. The largest absolute Gasteiger partial charge is 0.416 e. The monoisotopic (exact) mass is 297 g/mol. The summed E-state index contributed by atoms with van der Waals surface area (Å²) in [5, 5.41) is 2.73. The number of carbonyl (C=O) groups excluding carboxylic acids is 1. The molecule has 1 aromatic heterocycles. The Morgan fingerprint density at radius 3 is 2.70 bits per heavy atom. The van der Waals surface area contributed by atoms with Gasteiger partial charge < -0.3 is 5.32 Å². The van der Waals surface area contributed by atoms with Crippen molar-refractivity contribution in [3.05, 3.63) is 46.3 Å². The third kappa shape index (κ3) is 2.31. The predicted octanol–water partition coefficient (Wildman–Crippen LogP) is 3.72. The van der Waals surface area contributed by atoms with Crippen LogP contribution < -0.4 is 5.32 Å². The van der Waals surface area contributed by atoms with E-state index in [0.717, 1.165) is 23.4 Å². The lowest BCUT2D eigenvalue weighted by Gasteiger charge is -2.10. The van der Waals surface area contributed by atoms with E-state index >= 15 is 0 Å². The van der Waals surface area contributed by atoms with E-state index in [1.54, 1.807) is 12.1 Å². The van der Waals surface area contributed by atoms with Crippen molar-refractivity contribution in [3.8, 4) is 10.4 Å². The minimum absolute atomic E-state index is 0.152. The van der Waals surface area contributed by atoms with Crippen LogP contribution in [0.4, 0.5) is 13.2 Å². The minimum Gasteiger partial charge on any atom is -0.352 e. The van der Waals surface area contributed by atoms with Crippen molar-refractivity contribution in [2.24, 2.45) is 0 Å². The number of rotatable bonds is 1. The van der Waals surface area contributed by atoms with Gasteiger partial charge in [-0.15, -0.1) is 11.3 Å². The molecule has 0 spiro atoms. The highest BCUT2D eigenvalue weighted by atomic mass is 32.1. The van der Waals surface area contributed by atoms with Crippen LogP contribution in [0.1, 0.15) is 20.8 Å². The molecule has 3 rings (SSSR count). The normalized spacial score (nSPS) is 14.8. The topological polar surface area (TPSA) is 29.1 Å². The van der Waals surface area contributed by atoms with E-state index in [1.165, 1.54) is 17.4 Å². The Morgan fingerprint density at radius 1 is 1.20 bits per heavy atom. The molecule has 1 aromatic carbocycles. The van der Waals surface area contributed by atoms with Gasteiger partial charge in [0.2, 0.25) is 0 Å². The quantitative estimate of drug-likeness (QED) is 0.854. The fourth-order valence-corrected chi connectivity index (χ4v) is 3.34. The first kappa shape index (κ1) is 13.2. The van der Waals surface area contributed by atoms with Crippen LogP contribution in [0.5, 0.6) is 0 Å². The van der Waals surface area contributed by atoms with Gasteiger partial charge in [-0.05, 0) is 30.2 Å². The Kier molecular flexibility index (Phi) is 3.05. The van der Waals surface area contributed by atoms with Crippen molar-refractivity contribution in [1.29, 1.82) is 0 Å². The first-order chi connectivity index (χ1) is 9.45. The van der Waals surface area contributed by atoms with E-state index in [1.807, 2.05) is 0 Å². The third-order valence-electron chi connectivity index (χ3n) is 3.17. The zero-order valence-corrected chi connectivity index (χ0v) is 11.1. The fourth-order valence-electron chi connectivity index (χ4n) is 2.18. The zero-order valence-electron chi connectivity index (χ0n) is 10.3. The molecule has 2 heterocycles. The second-order valence-electron chi connectivity index (χ2n) is 4.53. The van der Waals surface area contributed by atoms with Crippen molar-refractivity contribution >= 4 is 17.2 Å². The van der Waals surface area contributed by atoms with Crippen molar-refractivity contribution in [3.63, 3.8) is 0 Å². The number of amides is 1. The van der Waals surface area contributed by atoms with Gasteiger partial charge in [0.15, 0.2) is 0 Å². The molecule has 1 aliphatic rings. The summed E-state index contributed by atoms with van der Waals surface area (Å²) in [7, 11) is 0. The summed E-state index contributed by atoms with van der Waals surface area (Å²) in [5.41, 5.74) is 0.395. The number of hydrogen-bond donors (Lipinski definition) is 1. The van der Waals surface area contributed by atoms with Gasteiger partial charge in [0.25, 0.3) is 5.91 Å². The van der Waals surface area contributed by atoms with Crippen LogP contribution in [0.3, 0.4) is 0 Å². The van der Waals surface area contributed by atoms with E-state index < -0.39 is 11.7 Å². The summed E-state index contributed by atoms with van der Waals surface area (Å²) in [4.78, 5) is 13.3. The lowest BCUT2D eigenvalue weighted by molar-refractivity contribution is -0.137. The Hall–Kier alpha value is -1.82. The van der Waals surface area contributed by atoms with Crippen LogP contribution in [-0.2, 0) is 12.6 Å². The van der Waals surface area contributed by atoms with Crippen LogP contribution in [0.2, 0.25) is 0 Å². The van der Waals surface area contributed by atoms with Crippen molar-refractivity contribution in [2.45, 2.75) is 12.6 Å². The zero-order chi connectivity index (χ0) is 14.3. The van der Waals surface area contributed by atoms with E-state index in [0.29, 0.717) is 22.5 Å². The third-order valence-corrected chi connectivity index (χ3v) is 4.41. The maximum Gasteiger partial charge on any atom is 0.416 e. The SMILES string of the molecule is O=C1NCCc2sc(-c3cccc(C(F)(F)F)c3)cc21. The van der Waals surface area contributed by atoms with E-state index in [4.69, 9.17) is 0 Å². The fraction of sp³-hybridized carbons (Fsp3) is 0.214. The average molecular weight is 297 g/mol. The van der Waals surface area contributed by atoms with Crippen LogP contribution in [-0.4, -0.2) is 12.5 Å². The minimum atomic E-state index is -4.36. The number of nitrogens with one attached hydrogen (secondary N) is 1. The van der Waals surface area contributed by atoms with Crippen LogP contribution >= 0.6 is 11.3 Å². The molecule has 1 amide bonds. The van der Waals surface area contributed by atoms with E-state index in [-0.39, 0.29) is 5.91 Å². The Labute approximate surface area is 117 Å². The van der Waals surface area contributed by atoms with Crippen molar-refractivity contribution < 1.29 is 18.0 Å². The molecule has 104 valence electrons. The van der Waals surface area contributed by atoms with Gasteiger partial charge >= 0.3 is 6.18 Å². The van der Waals surface area contributed by atoms with Crippen LogP contribution in [0, 0.1) is 0 Å². The predicted molar refractivity (Wildman–Crippen MR) is 70.8 cm³/mol. The van der Waals surface area contributed by atoms with Gasteiger partial charge in [0.1, 0.15) is 0 Å². The highest BCUT2D eigenvalue weighted by Gasteiger charge is 2.30. The van der Waals surface area contributed by atoms with Gasteiger partial charge in [-0.1, -0.05) is 12.1 Å². The number of carbonyl (C=O) groups is 1. The Bertz CT molecular complexity index is 675. The van der Waals surface area contributed by atoms with E-state index in [2.05, 4.69) is 5.32 Å². The maximum absolute atomic E-state index is 12.7. The van der Waals surface area contributed by atoms with Gasteiger partial charge in [-0.25, -0.2) is 0 Å². The summed E-state index contributed by atoms with van der Waals surface area (Å²) in [6.07, 6.45) is -3.63. The van der Waals surface area contributed by atoms with Gasteiger partial charge in [0, 0.05) is 16.3 Å². The number of thiophene rings is 1. The summed E-state index contributed by atoms with van der Waals surface area (Å²) in [5.74, 6) is -0.152. The smallest absolute Gasteiger partial charge is 0.352 e. The molecule has 1 aliphatic heterocycles. The molecule has 2 nitrogen and oxygen atoms in total. The summed E-state index contributed by atoms with van der Waals surface area (Å²) in [6.45, 7) is 0.578. The first-order valence-electron chi connectivity index (χ1n) is 6.04. The first-order valence-corrected chi connectivity index (χ1v) is 6.85. The maximum atomic E-state index is 12.7. The number of hydrogen-bond acceptors (Lipinski definition) is 2. The second kappa shape index (κ2) is 4.63. The molecule has 6 heteroatoms. The number of alkyl halides is 3. The van der Waals surface area contributed by atoms with Gasteiger partial charge in [0.05, 0.1) is 11.1 Å². The lowest BCUT2D eigenvalue weighted by atomic mass is 10.1. The Balaban J connectivity index is 2.04. The standard InChI is InChI=1S/C14H10F3NOS/c15-14(16,17)9-3-1-2-8(6-9)12-7-10-11(20-12)4-5-18-13(10)19/h1-3,6-7H,4-5H2,(H,18,19). The molecule has 0 unspecified atom stereocenters. The molecule has 0 saturated carbocycles. The van der Waals surface area contributed by atoms with Crippen LogP contribution in [0.25, 0.3) is 10.4 Å². The van der Waals surface area contributed by atoms with Crippen molar-refractivity contribution in [1.82, 2.24) is 5.32 Å². The molecule has 0 fully saturated rings. The Morgan fingerprint density at radius 2 is 2.00 bits per heavy atom. The molecule has 0 bridgehead atoms. The molecule has 2 aromatic rings. The highest BCUT2D eigenvalue weighted by Crippen LogP contribution is 2.36. The molecule has 0 saturated heterocycles. The lowest BCUT2D eigenvalue weighted by Crippen LogP contribution is -2.30. The molecular weight excluding hydrogens is 287 g/mol. The summed E-state index contributed by atoms with van der Waals surface area (Å²) in [6, 6.07) is 6.85. The van der Waals surface area contributed by atoms with Gasteiger partial charge in [-0.2, -0.15) is 13.2 Å². The second-order valence-corrected chi connectivity index (χ2v) is 5.67. The number of halogens is 3. The van der Waals surface area contributed by atoms with E-state index in [9.17, 15) is 18.0 Å². The molecule has 0 radical (unpaired) electrons. The van der Waals surface area contributed by atoms with Gasteiger partial charge in [-0.3, -0.25) is 4.79 Å². The molecular formula is C14H10F3NOS. The average Bonchev–Trinajstić information content (AvgIpc) is 2.83. The van der Waals surface area contributed by atoms with Crippen molar-refractivity contribution in [2.75, 3.05) is 6.54 Å². The molecule has 0 atom stereocenters. The number of fused-ring (bicyclic) bond motifs is 1. The molecule has 0 aliphatic carbocycles. The number of benzene rings is 1. The molecule has 20 heavy (non-hydrogen) atoms. The molecule has 1 N–H and O–H groups in total. The summed E-state index contributed by atoms with van der Waals surface area (Å²) < 4.78 is 38.1.